The Kier molecular flexibility index (Phi) is 35.6. The number of hydrogen-bond donors (Lipinski definition) is 12. The Hall–Kier alpha value is -1.73. The fraction of sp³-hybridized carbons (Fsp3) is 0.909. The van der Waals surface area contributed by atoms with Gasteiger partial charge in [-0.1, -0.05) is 179 Å². The van der Waals surface area contributed by atoms with Crippen molar-refractivity contribution in [3.05, 3.63) is 24.3 Å². The highest BCUT2D eigenvalue weighted by Gasteiger charge is 2.53. The minimum Gasteiger partial charge on any atom is -0.394 e. The monoisotopic (exact) mass is 1060 g/mol. The first-order valence-corrected chi connectivity index (χ1v) is 28.6. The van der Waals surface area contributed by atoms with Crippen molar-refractivity contribution in [3.8, 4) is 0 Å². The summed E-state index contributed by atoms with van der Waals surface area (Å²) in [6.07, 6.45) is 15.0. The number of rotatable bonds is 41. The van der Waals surface area contributed by atoms with Crippen molar-refractivity contribution in [3.63, 3.8) is 0 Å². The molecule has 3 aliphatic heterocycles. The molecule has 19 heteroatoms. The smallest absolute Gasteiger partial charge is 0.220 e. The van der Waals surface area contributed by atoms with Gasteiger partial charge < -0.3 is 89.9 Å². The Morgan fingerprint density at radius 2 is 0.851 bits per heavy atom. The number of carbonyl (C=O) groups excluding carboxylic acids is 1. The van der Waals surface area contributed by atoms with Crippen LogP contribution in [0.25, 0.3) is 0 Å². The Bertz CT molecular complexity index is 1460. The van der Waals surface area contributed by atoms with Gasteiger partial charge in [-0.05, 0) is 25.7 Å². The van der Waals surface area contributed by atoms with Crippen LogP contribution < -0.4 is 5.32 Å². The summed E-state index contributed by atoms with van der Waals surface area (Å²) in [5.41, 5.74) is 0. The third-order valence-corrected chi connectivity index (χ3v) is 14.6. The van der Waals surface area contributed by atoms with E-state index in [0.717, 1.165) is 19.3 Å². The molecule has 0 saturated carbocycles. The second kappa shape index (κ2) is 39.6. The summed E-state index contributed by atoms with van der Waals surface area (Å²) in [5.74, 6) is -0.373. The van der Waals surface area contributed by atoms with Crippen molar-refractivity contribution in [2.45, 2.75) is 291 Å². The fourth-order valence-corrected chi connectivity index (χ4v) is 9.76. The van der Waals surface area contributed by atoms with Gasteiger partial charge in [-0.2, -0.15) is 0 Å². The van der Waals surface area contributed by atoms with Crippen molar-refractivity contribution in [1.82, 2.24) is 5.32 Å². The number of ether oxygens (including phenoxy) is 6. The van der Waals surface area contributed by atoms with Crippen LogP contribution in [0.3, 0.4) is 0 Å². The average molecular weight is 1060 g/mol. The number of carbonyl (C=O) groups is 1. The molecule has 0 spiro atoms. The molecule has 0 aromatic heterocycles. The lowest BCUT2D eigenvalue weighted by molar-refractivity contribution is -0.379. The summed E-state index contributed by atoms with van der Waals surface area (Å²) in [4.78, 5) is 12.4. The van der Waals surface area contributed by atoms with Gasteiger partial charge in [0.1, 0.15) is 73.2 Å². The number of allylic oxidation sites excluding steroid dienone is 3. The molecule has 0 bridgehead atoms. The Balaban J connectivity index is 1.29. The zero-order chi connectivity index (χ0) is 54.1. The highest BCUT2D eigenvalue weighted by molar-refractivity contribution is 5.75. The van der Waals surface area contributed by atoms with Gasteiger partial charge in [0.2, 0.25) is 5.91 Å². The molecule has 3 fully saturated rings. The van der Waals surface area contributed by atoms with E-state index in [2.05, 4.69) is 24.4 Å². The number of amides is 1. The predicted molar refractivity (Wildman–Crippen MR) is 277 cm³/mol. The SMILES string of the molecule is CCCCCCCCCCCCCCCCCCCCCCCCC/C=C/CC/C=C/C(O)C(COC1OC(CO)C(OC2OC(CO)C(OC3OC(CO)C(O)C(O)C3O)C(O)C2O)C(O)C1O)NC(=O)CC. The maximum atomic E-state index is 12.4. The van der Waals surface area contributed by atoms with Crippen LogP contribution in [0.5, 0.6) is 0 Å². The van der Waals surface area contributed by atoms with Crippen molar-refractivity contribution in [2.24, 2.45) is 0 Å². The second-order valence-corrected chi connectivity index (χ2v) is 20.7. The van der Waals surface area contributed by atoms with E-state index in [1.165, 1.54) is 141 Å². The van der Waals surface area contributed by atoms with E-state index in [1.54, 1.807) is 13.0 Å². The van der Waals surface area contributed by atoms with Gasteiger partial charge in [-0.15, -0.1) is 0 Å². The normalized spacial score (nSPS) is 31.6. The molecule has 3 aliphatic rings. The van der Waals surface area contributed by atoms with E-state index in [1.807, 2.05) is 6.08 Å². The summed E-state index contributed by atoms with van der Waals surface area (Å²) in [6, 6.07) is -0.983. The quantitative estimate of drug-likeness (QED) is 0.0304. The summed E-state index contributed by atoms with van der Waals surface area (Å²) < 4.78 is 33.8. The van der Waals surface area contributed by atoms with Gasteiger partial charge in [0.25, 0.3) is 0 Å². The molecule has 3 saturated heterocycles. The van der Waals surface area contributed by atoms with Crippen LogP contribution >= 0.6 is 0 Å². The average Bonchev–Trinajstić information content (AvgIpc) is 3.40. The van der Waals surface area contributed by atoms with Gasteiger partial charge in [0.15, 0.2) is 18.9 Å². The molecule has 0 aromatic carbocycles. The van der Waals surface area contributed by atoms with E-state index >= 15 is 0 Å². The van der Waals surface area contributed by atoms with E-state index in [-0.39, 0.29) is 18.9 Å². The molecule has 17 unspecified atom stereocenters. The zero-order valence-corrected chi connectivity index (χ0v) is 44.8. The number of aliphatic hydroxyl groups excluding tert-OH is 11. The molecule has 0 aromatic rings. The minimum atomic E-state index is -1.98. The van der Waals surface area contributed by atoms with Gasteiger partial charge in [0.05, 0.1) is 38.6 Å². The Labute approximate surface area is 441 Å². The van der Waals surface area contributed by atoms with Crippen LogP contribution in [0, 0.1) is 0 Å². The fourth-order valence-electron chi connectivity index (χ4n) is 9.76. The van der Waals surface area contributed by atoms with Crippen molar-refractivity contribution in [2.75, 3.05) is 26.4 Å². The van der Waals surface area contributed by atoms with Gasteiger partial charge in [0, 0.05) is 6.42 Å². The molecular weight excluding hydrogens is 963 g/mol. The lowest BCUT2D eigenvalue weighted by atomic mass is 9.96. The summed E-state index contributed by atoms with van der Waals surface area (Å²) in [7, 11) is 0. The first-order chi connectivity index (χ1) is 35.8. The number of aliphatic hydroxyl groups is 11. The lowest BCUT2D eigenvalue weighted by Gasteiger charge is -2.48. The van der Waals surface area contributed by atoms with E-state index in [9.17, 15) is 61.0 Å². The summed E-state index contributed by atoms with van der Waals surface area (Å²) in [5, 5.41) is 118. The third kappa shape index (κ3) is 24.1. The zero-order valence-electron chi connectivity index (χ0n) is 44.8. The minimum absolute atomic E-state index is 0.117. The molecule has 1 amide bonds. The molecule has 0 aliphatic carbocycles. The number of unbranched alkanes of at least 4 members (excludes halogenated alkanes) is 24. The van der Waals surface area contributed by atoms with Crippen LogP contribution in [0.4, 0.5) is 0 Å². The Morgan fingerprint density at radius 3 is 1.30 bits per heavy atom. The topological polar surface area (TPSA) is 307 Å². The first-order valence-electron chi connectivity index (χ1n) is 28.6. The maximum absolute atomic E-state index is 12.4. The molecule has 0 radical (unpaired) electrons. The van der Waals surface area contributed by atoms with Gasteiger partial charge in [-0.3, -0.25) is 4.79 Å². The highest BCUT2D eigenvalue weighted by atomic mass is 16.8. The third-order valence-electron chi connectivity index (χ3n) is 14.6. The van der Waals surface area contributed by atoms with E-state index in [4.69, 9.17) is 28.4 Å². The molecule has 3 rings (SSSR count). The lowest BCUT2D eigenvalue weighted by Crippen LogP contribution is -2.66. The number of nitrogens with one attached hydrogen (secondary N) is 1. The molecular formula is C55H101NO18. The first kappa shape index (κ1) is 66.5. The Morgan fingerprint density at radius 1 is 0.473 bits per heavy atom. The molecule has 3 heterocycles. The van der Waals surface area contributed by atoms with Crippen LogP contribution in [-0.2, 0) is 33.2 Å². The molecule has 17 atom stereocenters. The summed E-state index contributed by atoms with van der Waals surface area (Å²) >= 11 is 0. The van der Waals surface area contributed by atoms with Crippen LogP contribution in [0.2, 0.25) is 0 Å². The van der Waals surface area contributed by atoms with Crippen molar-refractivity contribution < 1.29 is 89.4 Å². The van der Waals surface area contributed by atoms with Crippen molar-refractivity contribution in [1.29, 1.82) is 0 Å². The van der Waals surface area contributed by atoms with Crippen LogP contribution in [-0.4, -0.2) is 193 Å². The molecule has 434 valence electrons. The standard InChI is InChI=1S/C55H101NO18/c1-3-5-6-7-8-9-10-11-12-13-14-15-16-17-18-19-20-21-22-23-24-25-26-27-28-29-30-31-32-33-39(60)38(56-43(61)4-2)37-69-53-49(67)46(64)51(41(35-58)71-53)74-55-50(68)47(65)52(42(36-59)72-55)73-54-48(66)45(63)44(62)40(34-57)70-54/h28-29,32-33,38-42,44-55,57-60,62-68H,3-27,30-31,34-37H2,1-2H3,(H,56,61)/b29-28+,33-32+. The van der Waals surface area contributed by atoms with Crippen molar-refractivity contribution >= 4 is 5.91 Å². The highest BCUT2D eigenvalue weighted by Crippen LogP contribution is 2.33. The molecule has 12 N–H and O–H groups in total. The van der Waals surface area contributed by atoms with E-state index in [0.29, 0.717) is 6.42 Å². The maximum Gasteiger partial charge on any atom is 0.220 e. The summed E-state index contributed by atoms with van der Waals surface area (Å²) in [6.45, 7) is 1.12. The molecule has 74 heavy (non-hydrogen) atoms. The van der Waals surface area contributed by atoms with Gasteiger partial charge in [-0.25, -0.2) is 0 Å². The predicted octanol–water partition coefficient (Wildman–Crippen LogP) is 3.98. The van der Waals surface area contributed by atoms with Crippen LogP contribution in [0.1, 0.15) is 187 Å². The second-order valence-electron chi connectivity index (χ2n) is 20.7. The molecule has 19 nitrogen and oxygen atoms in total. The van der Waals surface area contributed by atoms with Gasteiger partial charge >= 0.3 is 0 Å². The van der Waals surface area contributed by atoms with E-state index < -0.39 is 124 Å². The largest absolute Gasteiger partial charge is 0.394 e. The van der Waals surface area contributed by atoms with Crippen LogP contribution in [0.15, 0.2) is 24.3 Å². The number of hydrogen-bond acceptors (Lipinski definition) is 18.